The van der Waals surface area contributed by atoms with E-state index in [1.807, 2.05) is 6.20 Å². The molecule has 0 atom stereocenters. The van der Waals surface area contributed by atoms with Gasteiger partial charge in [-0.15, -0.1) is 0 Å². The van der Waals surface area contributed by atoms with Crippen LogP contribution in [0.2, 0.25) is 0 Å². The van der Waals surface area contributed by atoms with Crippen molar-refractivity contribution in [2.45, 2.75) is 18.9 Å². The Morgan fingerprint density at radius 1 is 1.04 bits per heavy atom. The van der Waals surface area contributed by atoms with E-state index in [4.69, 9.17) is 4.98 Å². The smallest absolute Gasteiger partial charge is 0.177 e. The summed E-state index contributed by atoms with van der Waals surface area (Å²) in [5, 5.41) is 7.08. The first-order chi connectivity index (χ1) is 12.3. The van der Waals surface area contributed by atoms with E-state index in [1.165, 1.54) is 10.8 Å². The van der Waals surface area contributed by atoms with Gasteiger partial charge in [0.25, 0.3) is 0 Å². The molecule has 25 heavy (non-hydrogen) atoms. The maximum absolute atomic E-state index is 4.88. The molecule has 5 nitrogen and oxygen atoms in total. The molecule has 126 valence electrons. The van der Waals surface area contributed by atoms with E-state index in [1.54, 1.807) is 0 Å². The summed E-state index contributed by atoms with van der Waals surface area (Å²) in [7, 11) is 2.18. The van der Waals surface area contributed by atoms with Crippen LogP contribution in [-0.4, -0.2) is 44.8 Å². The van der Waals surface area contributed by atoms with Crippen LogP contribution in [0.1, 0.15) is 18.9 Å². The van der Waals surface area contributed by atoms with Gasteiger partial charge in [-0.05, 0) is 49.8 Å². The minimum absolute atomic E-state index is 0.446. The maximum Gasteiger partial charge on any atom is 0.177 e. The van der Waals surface area contributed by atoms with Crippen molar-refractivity contribution >= 4 is 21.9 Å². The molecule has 1 N–H and O–H groups in total. The van der Waals surface area contributed by atoms with Crippen molar-refractivity contribution in [2.75, 3.05) is 20.1 Å². The van der Waals surface area contributed by atoms with E-state index in [0.717, 1.165) is 48.5 Å². The van der Waals surface area contributed by atoms with E-state index >= 15 is 0 Å². The quantitative estimate of drug-likeness (QED) is 0.607. The van der Waals surface area contributed by atoms with Crippen molar-refractivity contribution in [1.29, 1.82) is 0 Å². The fourth-order valence-corrected chi connectivity index (χ4v) is 3.80. The largest absolute Gasteiger partial charge is 0.335 e. The summed E-state index contributed by atoms with van der Waals surface area (Å²) in [5.74, 6) is 0.917. The number of imidazole rings is 1. The van der Waals surface area contributed by atoms with Crippen LogP contribution >= 0.6 is 0 Å². The summed E-state index contributed by atoms with van der Waals surface area (Å²) in [6.45, 7) is 2.24. The van der Waals surface area contributed by atoms with Crippen molar-refractivity contribution in [1.82, 2.24) is 24.6 Å². The van der Waals surface area contributed by atoms with Crippen molar-refractivity contribution in [3.8, 4) is 11.4 Å². The second-order valence-corrected chi connectivity index (χ2v) is 7.01. The van der Waals surface area contributed by atoms with Gasteiger partial charge >= 0.3 is 0 Å². The molecular formula is C20H21N5. The highest BCUT2D eigenvalue weighted by Gasteiger charge is 2.22. The third-order valence-electron chi connectivity index (χ3n) is 5.30. The molecule has 2 aromatic carbocycles. The SMILES string of the molecule is CN1CCC(n2ncc3[nH]c(-c4ccc5ccccc5c4)nc32)CC1. The number of piperidine rings is 1. The molecule has 2 aromatic heterocycles. The third kappa shape index (κ3) is 2.51. The Kier molecular flexibility index (Phi) is 3.35. The number of fused-ring (bicyclic) bond motifs is 2. The van der Waals surface area contributed by atoms with E-state index < -0.39 is 0 Å². The fourth-order valence-electron chi connectivity index (χ4n) is 3.80. The number of aromatic amines is 1. The summed E-state index contributed by atoms with van der Waals surface area (Å²) in [6, 6.07) is 15.3. The molecule has 1 aliphatic rings. The number of hydrogen-bond acceptors (Lipinski definition) is 3. The van der Waals surface area contributed by atoms with E-state index in [0.29, 0.717) is 6.04 Å². The normalized spacial score (nSPS) is 16.8. The molecule has 1 fully saturated rings. The van der Waals surface area contributed by atoms with Gasteiger partial charge in [0.2, 0.25) is 0 Å². The highest BCUT2D eigenvalue weighted by molar-refractivity contribution is 5.87. The van der Waals surface area contributed by atoms with Gasteiger partial charge in [-0.1, -0.05) is 36.4 Å². The highest BCUT2D eigenvalue weighted by Crippen LogP contribution is 2.28. The van der Waals surface area contributed by atoms with Gasteiger partial charge < -0.3 is 9.88 Å². The number of nitrogens with one attached hydrogen (secondary N) is 1. The molecule has 3 heterocycles. The van der Waals surface area contributed by atoms with Gasteiger partial charge in [0, 0.05) is 5.56 Å². The van der Waals surface area contributed by atoms with Crippen molar-refractivity contribution in [3.63, 3.8) is 0 Å². The van der Waals surface area contributed by atoms with Gasteiger partial charge in [0.1, 0.15) is 11.3 Å². The van der Waals surface area contributed by atoms with Crippen LogP contribution in [0, 0.1) is 0 Å². The fraction of sp³-hybridized carbons (Fsp3) is 0.300. The Hall–Kier alpha value is -2.66. The van der Waals surface area contributed by atoms with E-state index in [9.17, 15) is 0 Å². The monoisotopic (exact) mass is 331 g/mol. The van der Waals surface area contributed by atoms with Gasteiger partial charge in [0.15, 0.2) is 5.65 Å². The van der Waals surface area contributed by atoms with Crippen molar-refractivity contribution in [2.24, 2.45) is 0 Å². The van der Waals surface area contributed by atoms with Crippen LogP contribution in [0.4, 0.5) is 0 Å². The molecule has 5 heteroatoms. The Morgan fingerprint density at radius 2 is 1.84 bits per heavy atom. The van der Waals surface area contributed by atoms with Gasteiger partial charge in [-0.25, -0.2) is 9.67 Å². The number of hydrogen-bond donors (Lipinski definition) is 1. The first-order valence-electron chi connectivity index (χ1n) is 8.89. The number of rotatable bonds is 2. The molecule has 0 amide bonds. The molecule has 0 spiro atoms. The van der Waals surface area contributed by atoms with Crippen LogP contribution in [0.3, 0.4) is 0 Å². The number of likely N-dealkylation sites (tertiary alicyclic amines) is 1. The van der Waals surface area contributed by atoms with Gasteiger partial charge in [-0.3, -0.25) is 0 Å². The lowest BCUT2D eigenvalue weighted by Gasteiger charge is -2.28. The number of nitrogens with zero attached hydrogens (tertiary/aromatic N) is 4. The molecule has 1 saturated heterocycles. The number of benzene rings is 2. The molecule has 4 aromatic rings. The van der Waals surface area contributed by atoms with Crippen LogP contribution < -0.4 is 0 Å². The predicted octanol–water partition coefficient (Wildman–Crippen LogP) is 3.85. The number of aromatic nitrogens is 4. The zero-order chi connectivity index (χ0) is 16.8. The van der Waals surface area contributed by atoms with E-state index in [-0.39, 0.29) is 0 Å². The zero-order valence-electron chi connectivity index (χ0n) is 14.3. The second kappa shape index (κ2) is 5.70. The topological polar surface area (TPSA) is 49.7 Å². The summed E-state index contributed by atoms with van der Waals surface area (Å²) >= 11 is 0. The van der Waals surface area contributed by atoms with Crippen LogP contribution in [0.15, 0.2) is 48.7 Å². The predicted molar refractivity (Wildman–Crippen MR) is 101 cm³/mol. The Balaban J connectivity index is 1.54. The Bertz CT molecular complexity index is 1040. The molecule has 0 aliphatic carbocycles. The van der Waals surface area contributed by atoms with Gasteiger partial charge in [0.05, 0.1) is 12.2 Å². The van der Waals surface area contributed by atoms with Crippen LogP contribution in [0.5, 0.6) is 0 Å². The highest BCUT2D eigenvalue weighted by atomic mass is 15.3. The molecule has 0 saturated carbocycles. The van der Waals surface area contributed by atoms with Gasteiger partial charge in [-0.2, -0.15) is 5.10 Å². The van der Waals surface area contributed by atoms with Crippen LogP contribution in [-0.2, 0) is 0 Å². The summed E-state index contributed by atoms with van der Waals surface area (Å²) in [4.78, 5) is 10.7. The molecule has 1 aliphatic heterocycles. The summed E-state index contributed by atoms with van der Waals surface area (Å²) < 4.78 is 2.11. The van der Waals surface area contributed by atoms with Crippen molar-refractivity contribution < 1.29 is 0 Å². The average Bonchev–Trinajstić information content (AvgIpc) is 3.23. The molecular weight excluding hydrogens is 310 g/mol. The minimum atomic E-state index is 0.446. The summed E-state index contributed by atoms with van der Waals surface area (Å²) in [5.41, 5.74) is 3.10. The van der Waals surface area contributed by atoms with Crippen LogP contribution in [0.25, 0.3) is 33.3 Å². The molecule has 0 bridgehead atoms. The maximum atomic E-state index is 4.88. The van der Waals surface area contributed by atoms with E-state index in [2.05, 4.69) is 69.2 Å². The third-order valence-corrected chi connectivity index (χ3v) is 5.30. The first kappa shape index (κ1) is 14.7. The first-order valence-corrected chi connectivity index (χ1v) is 8.89. The Labute approximate surface area is 146 Å². The Morgan fingerprint density at radius 3 is 2.68 bits per heavy atom. The lowest BCUT2D eigenvalue weighted by Crippen LogP contribution is -2.31. The zero-order valence-corrected chi connectivity index (χ0v) is 14.3. The van der Waals surface area contributed by atoms with Crippen molar-refractivity contribution in [3.05, 3.63) is 48.7 Å². The minimum Gasteiger partial charge on any atom is -0.335 e. The lowest BCUT2D eigenvalue weighted by atomic mass is 10.1. The second-order valence-electron chi connectivity index (χ2n) is 7.01. The summed E-state index contributed by atoms with van der Waals surface area (Å²) in [6.07, 6.45) is 4.17. The lowest BCUT2D eigenvalue weighted by molar-refractivity contribution is 0.215. The average molecular weight is 331 g/mol. The molecule has 0 radical (unpaired) electrons. The number of H-pyrrole nitrogens is 1. The standard InChI is InChI=1S/C20H21N5/c1-24-10-8-17(9-11-24)25-20-18(13-21-25)22-19(23-20)16-7-6-14-4-2-3-5-15(14)12-16/h2-7,12-13,17H,8-11H2,1H3,(H,22,23). The molecule has 0 unspecified atom stereocenters. The molecule has 5 rings (SSSR count).